The van der Waals surface area contributed by atoms with Crippen LogP contribution in [0.3, 0.4) is 0 Å². The van der Waals surface area contributed by atoms with Gasteiger partial charge in [0.25, 0.3) is 5.91 Å². The quantitative estimate of drug-likeness (QED) is 0.765. The largest absolute Gasteiger partial charge is 0.305 e. The highest BCUT2D eigenvalue weighted by Crippen LogP contribution is 2.19. The van der Waals surface area contributed by atoms with Gasteiger partial charge in [-0.3, -0.25) is 14.9 Å². The number of anilines is 1. The van der Waals surface area contributed by atoms with Crippen LogP contribution in [0.15, 0.2) is 59.3 Å². The Kier molecular flexibility index (Phi) is 3.79. The standard InChI is InChI=1S/C15H11BrN4O/c16-12-3-1-2-11(8-12)15(21)18-14-9-13(19-20-14)10-4-6-17-7-5-10/h1-9H,(H2,18,19,20,21). The average molecular weight is 343 g/mol. The fraction of sp³-hybridized carbons (Fsp3) is 0. The SMILES string of the molecule is O=C(Nc1cc(-c2ccncc2)[nH]n1)c1cccc(Br)c1. The van der Waals surface area contributed by atoms with Gasteiger partial charge in [0.15, 0.2) is 5.82 Å². The predicted octanol–water partition coefficient (Wildman–Crippen LogP) is 3.49. The van der Waals surface area contributed by atoms with Crippen LogP contribution in [-0.2, 0) is 0 Å². The molecule has 0 atom stereocenters. The highest BCUT2D eigenvalue weighted by molar-refractivity contribution is 9.10. The van der Waals surface area contributed by atoms with E-state index in [9.17, 15) is 4.79 Å². The van der Waals surface area contributed by atoms with Crippen molar-refractivity contribution >= 4 is 27.7 Å². The van der Waals surface area contributed by atoms with E-state index in [2.05, 4.69) is 36.4 Å². The number of hydrogen-bond acceptors (Lipinski definition) is 3. The monoisotopic (exact) mass is 342 g/mol. The molecule has 0 saturated carbocycles. The Morgan fingerprint density at radius 1 is 1.14 bits per heavy atom. The molecule has 0 unspecified atom stereocenters. The summed E-state index contributed by atoms with van der Waals surface area (Å²) in [7, 11) is 0. The number of carbonyl (C=O) groups excluding carboxylic acids is 1. The van der Waals surface area contributed by atoms with Crippen molar-refractivity contribution in [1.82, 2.24) is 15.2 Å². The number of hydrogen-bond donors (Lipinski definition) is 2. The average Bonchev–Trinajstić information content (AvgIpc) is 2.97. The lowest BCUT2D eigenvalue weighted by Gasteiger charge is -2.01. The summed E-state index contributed by atoms with van der Waals surface area (Å²) in [4.78, 5) is 16.1. The molecule has 2 aromatic heterocycles. The van der Waals surface area contributed by atoms with Crippen molar-refractivity contribution in [2.75, 3.05) is 5.32 Å². The second kappa shape index (κ2) is 5.88. The van der Waals surface area contributed by atoms with Crippen LogP contribution in [-0.4, -0.2) is 21.1 Å². The van der Waals surface area contributed by atoms with Gasteiger partial charge in [-0.15, -0.1) is 0 Å². The van der Waals surface area contributed by atoms with Crippen LogP contribution >= 0.6 is 15.9 Å². The van der Waals surface area contributed by atoms with E-state index in [1.807, 2.05) is 24.3 Å². The number of rotatable bonds is 3. The second-order valence-electron chi connectivity index (χ2n) is 4.37. The van der Waals surface area contributed by atoms with Crippen molar-refractivity contribution < 1.29 is 4.79 Å². The van der Waals surface area contributed by atoms with Crippen LogP contribution in [0.2, 0.25) is 0 Å². The molecule has 3 rings (SSSR count). The molecule has 0 radical (unpaired) electrons. The fourth-order valence-corrected chi connectivity index (χ4v) is 2.28. The van der Waals surface area contributed by atoms with Gasteiger partial charge in [0, 0.05) is 34.1 Å². The van der Waals surface area contributed by atoms with E-state index in [0.29, 0.717) is 11.4 Å². The summed E-state index contributed by atoms with van der Waals surface area (Å²) in [6, 6.07) is 12.7. The van der Waals surface area contributed by atoms with E-state index >= 15 is 0 Å². The minimum absolute atomic E-state index is 0.205. The first-order valence-electron chi connectivity index (χ1n) is 6.25. The molecule has 0 bridgehead atoms. The Labute approximate surface area is 129 Å². The number of aromatic nitrogens is 3. The molecule has 104 valence electrons. The van der Waals surface area contributed by atoms with Crippen LogP contribution in [0.1, 0.15) is 10.4 Å². The lowest BCUT2D eigenvalue weighted by molar-refractivity contribution is 0.102. The number of aromatic amines is 1. The van der Waals surface area contributed by atoms with Gasteiger partial charge >= 0.3 is 0 Å². The van der Waals surface area contributed by atoms with E-state index < -0.39 is 0 Å². The molecule has 2 N–H and O–H groups in total. The predicted molar refractivity (Wildman–Crippen MR) is 83.9 cm³/mol. The Balaban J connectivity index is 1.77. The van der Waals surface area contributed by atoms with Crippen LogP contribution in [0, 0.1) is 0 Å². The van der Waals surface area contributed by atoms with Crippen molar-refractivity contribution in [2.45, 2.75) is 0 Å². The Hall–Kier alpha value is -2.47. The van der Waals surface area contributed by atoms with Crippen LogP contribution in [0.25, 0.3) is 11.3 Å². The molecule has 2 heterocycles. The maximum Gasteiger partial charge on any atom is 0.256 e. The molecular weight excluding hydrogens is 332 g/mol. The van der Waals surface area contributed by atoms with Crippen LogP contribution in [0.5, 0.6) is 0 Å². The third kappa shape index (κ3) is 3.17. The molecule has 0 aliphatic rings. The molecule has 0 aliphatic heterocycles. The summed E-state index contributed by atoms with van der Waals surface area (Å²) in [6.45, 7) is 0. The molecule has 0 fully saturated rings. The first kappa shape index (κ1) is 13.5. The number of halogens is 1. The topological polar surface area (TPSA) is 70.7 Å². The molecule has 1 aromatic carbocycles. The Bertz CT molecular complexity index is 770. The van der Waals surface area contributed by atoms with E-state index in [1.54, 1.807) is 30.6 Å². The first-order chi connectivity index (χ1) is 10.2. The molecule has 0 aliphatic carbocycles. The third-order valence-corrected chi connectivity index (χ3v) is 3.39. The zero-order chi connectivity index (χ0) is 14.7. The Morgan fingerprint density at radius 3 is 2.71 bits per heavy atom. The smallest absolute Gasteiger partial charge is 0.256 e. The zero-order valence-electron chi connectivity index (χ0n) is 10.9. The highest BCUT2D eigenvalue weighted by atomic mass is 79.9. The minimum Gasteiger partial charge on any atom is -0.305 e. The highest BCUT2D eigenvalue weighted by Gasteiger charge is 2.09. The van der Waals surface area contributed by atoms with E-state index in [0.717, 1.165) is 15.7 Å². The maximum atomic E-state index is 12.1. The second-order valence-corrected chi connectivity index (χ2v) is 5.28. The lowest BCUT2D eigenvalue weighted by atomic mass is 10.2. The summed E-state index contributed by atoms with van der Waals surface area (Å²) in [5.74, 6) is 0.274. The van der Waals surface area contributed by atoms with Gasteiger partial charge in [-0.1, -0.05) is 22.0 Å². The van der Waals surface area contributed by atoms with Gasteiger partial charge in [0.2, 0.25) is 0 Å². The van der Waals surface area contributed by atoms with Gasteiger partial charge in [-0.2, -0.15) is 5.10 Å². The number of H-pyrrole nitrogens is 1. The van der Waals surface area contributed by atoms with Crippen molar-refractivity contribution in [3.63, 3.8) is 0 Å². The number of benzene rings is 1. The van der Waals surface area contributed by atoms with Gasteiger partial charge in [0.05, 0.1) is 5.69 Å². The van der Waals surface area contributed by atoms with E-state index in [1.165, 1.54) is 0 Å². The molecule has 6 heteroatoms. The van der Waals surface area contributed by atoms with Crippen molar-refractivity contribution in [2.24, 2.45) is 0 Å². The van der Waals surface area contributed by atoms with Crippen LogP contribution in [0.4, 0.5) is 5.82 Å². The van der Waals surface area contributed by atoms with Crippen LogP contribution < -0.4 is 5.32 Å². The molecular formula is C15H11BrN4O. The van der Waals surface area contributed by atoms with Crippen molar-refractivity contribution in [3.05, 3.63) is 64.9 Å². The van der Waals surface area contributed by atoms with Gasteiger partial charge in [-0.25, -0.2) is 0 Å². The molecule has 5 nitrogen and oxygen atoms in total. The normalized spacial score (nSPS) is 10.3. The zero-order valence-corrected chi connectivity index (χ0v) is 12.5. The maximum absolute atomic E-state index is 12.1. The number of pyridine rings is 1. The molecule has 21 heavy (non-hydrogen) atoms. The molecule has 3 aromatic rings. The molecule has 0 saturated heterocycles. The lowest BCUT2D eigenvalue weighted by Crippen LogP contribution is -2.11. The van der Waals surface area contributed by atoms with Crippen molar-refractivity contribution in [1.29, 1.82) is 0 Å². The number of nitrogens with zero attached hydrogens (tertiary/aromatic N) is 2. The van der Waals surface area contributed by atoms with Gasteiger partial charge in [-0.05, 0) is 30.3 Å². The third-order valence-electron chi connectivity index (χ3n) is 2.90. The first-order valence-corrected chi connectivity index (χ1v) is 7.04. The van der Waals surface area contributed by atoms with Gasteiger partial charge in [0.1, 0.15) is 0 Å². The molecule has 0 spiro atoms. The summed E-state index contributed by atoms with van der Waals surface area (Å²) >= 11 is 3.34. The number of carbonyl (C=O) groups is 1. The van der Waals surface area contributed by atoms with E-state index in [-0.39, 0.29) is 5.91 Å². The summed E-state index contributed by atoms with van der Waals surface area (Å²) in [5, 5.41) is 9.74. The van der Waals surface area contributed by atoms with Gasteiger partial charge < -0.3 is 5.32 Å². The fourth-order valence-electron chi connectivity index (χ4n) is 1.88. The van der Waals surface area contributed by atoms with E-state index in [4.69, 9.17) is 0 Å². The molecule has 1 amide bonds. The Morgan fingerprint density at radius 2 is 1.95 bits per heavy atom. The van der Waals surface area contributed by atoms with Crippen molar-refractivity contribution in [3.8, 4) is 11.3 Å². The minimum atomic E-state index is -0.205. The summed E-state index contributed by atoms with van der Waals surface area (Å²) in [6.07, 6.45) is 3.41. The number of amides is 1. The summed E-state index contributed by atoms with van der Waals surface area (Å²) in [5.41, 5.74) is 2.35. The number of nitrogens with one attached hydrogen (secondary N) is 2. The summed E-state index contributed by atoms with van der Waals surface area (Å²) < 4.78 is 0.856.